The van der Waals surface area contributed by atoms with E-state index in [1.54, 1.807) is 7.11 Å². The molecule has 3 nitrogen and oxygen atoms in total. The maximum Gasteiger partial charge on any atom is 0.120 e. The maximum absolute atomic E-state index is 5.22. The Labute approximate surface area is 113 Å². The summed E-state index contributed by atoms with van der Waals surface area (Å²) < 4.78 is 5.22. The lowest BCUT2D eigenvalue weighted by molar-refractivity contribution is 0.415. The zero-order valence-corrected chi connectivity index (χ0v) is 11.0. The van der Waals surface area contributed by atoms with Gasteiger partial charge in [0, 0.05) is 18.3 Å². The van der Waals surface area contributed by atoms with E-state index in [9.17, 15) is 0 Å². The Hall–Kier alpha value is -2.42. The van der Waals surface area contributed by atoms with Crippen LogP contribution < -0.4 is 15.4 Å². The number of nitrogens with one attached hydrogen (secondary N) is 2. The normalized spacial score (nSPS) is 9.74. The van der Waals surface area contributed by atoms with Gasteiger partial charge >= 0.3 is 0 Å². The van der Waals surface area contributed by atoms with Crippen molar-refractivity contribution in [2.45, 2.75) is 0 Å². The third-order valence-electron chi connectivity index (χ3n) is 2.71. The largest absolute Gasteiger partial charge is 0.497 e. The molecule has 0 atom stereocenters. The number of hydrogen-bond donors (Lipinski definition) is 2. The lowest BCUT2D eigenvalue weighted by atomic mass is 10.2. The fraction of sp³-hybridized carbons (Fsp3) is 0.125. The first kappa shape index (κ1) is 13.0. The van der Waals surface area contributed by atoms with Gasteiger partial charge in [-0.15, -0.1) is 6.58 Å². The van der Waals surface area contributed by atoms with Crippen LogP contribution in [0.2, 0.25) is 0 Å². The number of rotatable bonds is 6. The Morgan fingerprint density at radius 3 is 2.63 bits per heavy atom. The standard InChI is InChI=1S/C16H18N2O/c1-3-11-17-15-9-4-5-10-16(15)18-13-7-6-8-14(12-13)19-2/h3-10,12,17-18H,1,11H2,2H3. The minimum Gasteiger partial charge on any atom is -0.497 e. The Bertz CT molecular complexity index is 552. The minimum atomic E-state index is 0.733. The fourth-order valence-electron chi connectivity index (χ4n) is 1.78. The van der Waals surface area contributed by atoms with Gasteiger partial charge in [0.1, 0.15) is 5.75 Å². The van der Waals surface area contributed by atoms with E-state index < -0.39 is 0 Å². The van der Waals surface area contributed by atoms with Gasteiger partial charge in [-0.1, -0.05) is 24.3 Å². The summed E-state index contributed by atoms with van der Waals surface area (Å²) in [6.45, 7) is 4.45. The quantitative estimate of drug-likeness (QED) is 0.763. The number of anilines is 3. The predicted octanol–water partition coefficient (Wildman–Crippen LogP) is 4.04. The molecule has 0 bridgehead atoms. The minimum absolute atomic E-state index is 0.733. The highest BCUT2D eigenvalue weighted by atomic mass is 16.5. The molecule has 0 aliphatic heterocycles. The van der Waals surface area contributed by atoms with E-state index in [4.69, 9.17) is 4.74 Å². The molecule has 0 unspecified atom stereocenters. The predicted molar refractivity (Wildman–Crippen MR) is 81.4 cm³/mol. The second-order valence-electron chi connectivity index (χ2n) is 4.07. The van der Waals surface area contributed by atoms with Crippen molar-refractivity contribution in [2.75, 3.05) is 24.3 Å². The second kappa shape index (κ2) is 6.50. The first-order valence-electron chi connectivity index (χ1n) is 6.18. The summed E-state index contributed by atoms with van der Waals surface area (Å²) >= 11 is 0. The molecule has 0 aliphatic carbocycles. The molecule has 98 valence electrons. The molecule has 19 heavy (non-hydrogen) atoms. The summed E-state index contributed by atoms with van der Waals surface area (Å²) in [6, 6.07) is 15.9. The van der Waals surface area contributed by atoms with E-state index in [0.29, 0.717) is 0 Å². The molecule has 2 N–H and O–H groups in total. The number of ether oxygens (including phenoxy) is 1. The highest BCUT2D eigenvalue weighted by Gasteiger charge is 2.01. The number of methoxy groups -OCH3 is 1. The van der Waals surface area contributed by atoms with Crippen LogP contribution >= 0.6 is 0 Å². The number of hydrogen-bond acceptors (Lipinski definition) is 3. The van der Waals surface area contributed by atoms with E-state index in [1.807, 2.05) is 54.6 Å². The molecule has 0 spiro atoms. The lowest BCUT2D eigenvalue weighted by Gasteiger charge is -2.13. The molecule has 3 heteroatoms. The molecule has 2 rings (SSSR count). The lowest BCUT2D eigenvalue weighted by Crippen LogP contribution is -2.01. The molecule has 2 aromatic rings. The molecule has 0 radical (unpaired) electrons. The molecular weight excluding hydrogens is 236 g/mol. The van der Waals surface area contributed by atoms with Crippen molar-refractivity contribution in [1.82, 2.24) is 0 Å². The van der Waals surface area contributed by atoms with Crippen LogP contribution in [0.5, 0.6) is 5.75 Å². The zero-order chi connectivity index (χ0) is 13.5. The third kappa shape index (κ3) is 3.52. The molecule has 0 aliphatic rings. The van der Waals surface area contributed by atoms with Gasteiger partial charge in [0.15, 0.2) is 0 Å². The summed E-state index contributed by atoms with van der Waals surface area (Å²) in [6.07, 6.45) is 1.84. The van der Waals surface area contributed by atoms with Crippen molar-refractivity contribution in [3.8, 4) is 5.75 Å². The SMILES string of the molecule is C=CCNc1ccccc1Nc1cccc(OC)c1. The van der Waals surface area contributed by atoms with E-state index in [0.717, 1.165) is 29.4 Å². The third-order valence-corrected chi connectivity index (χ3v) is 2.71. The highest BCUT2D eigenvalue weighted by molar-refractivity contribution is 5.74. The van der Waals surface area contributed by atoms with Crippen LogP contribution in [-0.4, -0.2) is 13.7 Å². The summed E-state index contributed by atoms with van der Waals surface area (Å²) in [5.74, 6) is 0.835. The molecule has 0 fully saturated rings. The van der Waals surface area contributed by atoms with Gasteiger partial charge in [0.05, 0.1) is 18.5 Å². The molecule has 0 saturated carbocycles. The van der Waals surface area contributed by atoms with Crippen LogP contribution in [0.25, 0.3) is 0 Å². The van der Waals surface area contributed by atoms with Gasteiger partial charge < -0.3 is 15.4 Å². The van der Waals surface area contributed by atoms with Crippen LogP contribution in [0.1, 0.15) is 0 Å². The summed E-state index contributed by atoms with van der Waals surface area (Å²) in [5.41, 5.74) is 3.06. The average molecular weight is 254 g/mol. The molecule has 0 aromatic heterocycles. The summed E-state index contributed by atoms with van der Waals surface area (Å²) in [7, 11) is 1.67. The first-order valence-corrected chi connectivity index (χ1v) is 6.18. The van der Waals surface area contributed by atoms with Gasteiger partial charge in [-0.05, 0) is 24.3 Å². The van der Waals surface area contributed by atoms with Crippen molar-refractivity contribution in [1.29, 1.82) is 0 Å². The number of para-hydroxylation sites is 2. The van der Waals surface area contributed by atoms with E-state index in [2.05, 4.69) is 17.2 Å². The van der Waals surface area contributed by atoms with Gasteiger partial charge in [0.25, 0.3) is 0 Å². The maximum atomic E-state index is 5.22. The molecule has 2 aromatic carbocycles. The molecular formula is C16H18N2O. The van der Waals surface area contributed by atoms with Crippen molar-refractivity contribution < 1.29 is 4.74 Å². The van der Waals surface area contributed by atoms with Gasteiger partial charge in [-0.25, -0.2) is 0 Å². The molecule has 0 saturated heterocycles. The van der Waals surface area contributed by atoms with E-state index >= 15 is 0 Å². The van der Waals surface area contributed by atoms with Gasteiger partial charge in [-0.3, -0.25) is 0 Å². The zero-order valence-electron chi connectivity index (χ0n) is 11.0. The highest BCUT2D eigenvalue weighted by Crippen LogP contribution is 2.26. The van der Waals surface area contributed by atoms with Gasteiger partial charge in [0.2, 0.25) is 0 Å². The molecule has 0 heterocycles. The Balaban J connectivity index is 2.19. The van der Waals surface area contributed by atoms with Gasteiger partial charge in [-0.2, -0.15) is 0 Å². The Morgan fingerprint density at radius 1 is 1.11 bits per heavy atom. The van der Waals surface area contributed by atoms with Crippen molar-refractivity contribution in [2.24, 2.45) is 0 Å². The Morgan fingerprint density at radius 2 is 1.89 bits per heavy atom. The first-order chi connectivity index (χ1) is 9.33. The van der Waals surface area contributed by atoms with Crippen LogP contribution in [0.4, 0.5) is 17.1 Å². The summed E-state index contributed by atoms with van der Waals surface area (Å²) in [5, 5.41) is 6.68. The summed E-state index contributed by atoms with van der Waals surface area (Å²) in [4.78, 5) is 0. The Kier molecular flexibility index (Phi) is 4.45. The monoisotopic (exact) mass is 254 g/mol. The topological polar surface area (TPSA) is 33.3 Å². The number of benzene rings is 2. The smallest absolute Gasteiger partial charge is 0.120 e. The van der Waals surface area contributed by atoms with Crippen molar-refractivity contribution in [3.05, 3.63) is 61.2 Å². The molecule has 0 amide bonds. The van der Waals surface area contributed by atoms with E-state index in [1.165, 1.54) is 0 Å². The van der Waals surface area contributed by atoms with Crippen LogP contribution in [0.15, 0.2) is 61.2 Å². The average Bonchev–Trinajstić information content (AvgIpc) is 2.46. The second-order valence-corrected chi connectivity index (χ2v) is 4.07. The fourth-order valence-corrected chi connectivity index (χ4v) is 1.78. The van der Waals surface area contributed by atoms with Crippen LogP contribution in [-0.2, 0) is 0 Å². The van der Waals surface area contributed by atoms with Crippen molar-refractivity contribution >= 4 is 17.1 Å². The van der Waals surface area contributed by atoms with E-state index in [-0.39, 0.29) is 0 Å². The van der Waals surface area contributed by atoms with Crippen LogP contribution in [0, 0.1) is 0 Å². The van der Waals surface area contributed by atoms with Crippen LogP contribution in [0.3, 0.4) is 0 Å². The van der Waals surface area contributed by atoms with Crippen molar-refractivity contribution in [3.63, 3.8) is 0 Å².